The number of hydrazone groups is 1. The van der Waals surface area contributed by atoms with Gasteiger partial charge in [0.05, 0.1) is 23.0 Å². The molecule has 1 aromatic carbocycles. The molecule has 2 N–H and O–H groups in total. The van der Waals surface area contributed by atoms with Gasteiger partial charge in [-0.15, -0.1) is 0 Å². The van der Waals surface area contributed by atoms with Gasteiger partial charge in [-0.05, 0) is 31.0 Å². The summed E-state index contributed by atoms with van der Waals surface area (Å²) in [7, 11) is 0. The van der Waals surface area contributed by atoms with Crippen LogP contribution in [0.25, 0.3) is 6.08 Å². The van der Waals surface area contributed by atoms with Crippen LogP contribution in [0.2, 0.25) is 0 Å². The van der Waals surface area contributed by atoms with E-state index in [4.69, 9.17) is 10.2 Å². The minimum absolute atomic E-state index is 0.280. The van der Waals surface area contributed by atoms with Gasteiger partial charge in [0.25, 0.3) is 0 Å². The molecule has 0 amide bonds. The van der Waals surface area contributed by atoms with Crippen LogP contribution in [0.3, 0.4) is 0 Å². The first-order valence-electron chi connectivity index (χ1n) is 9.26. The molecule has 2 aliphatic rings. The molecule has 0 bridgehead atoms. The van der Waals surface area contributed by atoms with E-state index in [9.17, 15) is 10.5 Å². The van der Waals surface area contributed by atoms with Crippen molar-refractivity contribution in [3.63, 3.8) is 0 Å². The van der Waals surface area contributed by atoms with E-state index in [1.54, 1.807) is 11.1 Å². The van der Waals surface area contributed by atoms with Crippen molar-refractivity contribution < 1.29 is 4.42 Å². The van der Waals surface area contributed by atoms with Gasteiger partial charge in [-0.25, -0.2) is 5.01 Å². The van der Waals surface area contributed by atoms with Crippen molar-refractivity contribution in [2.45, 2.75) is 19.0 Å². The van der Waals surface area contributed by atoms with Crippen LogP contribution >= 0.6 is 0 Å². The number of hydrogen-bond donors (Lipinski definition) is 1. The van der Waals surface area contributed by atoms with Crippen LogP contribution in [-0.2, 0) is 0 Å². The standard InChI is InChI=1S/C21H20N6O/c22-13-15(12-17-8-9-19(28-17)26-10-4-5-11-26)20-18(14-23)21(24)27(25-20)16-6-2-1-3-7-16/h1-3,6-9,12,18,21H,4-5,10-11,24H2/b15-12-/t18-,21+/m0/s1. The van der Waals surface area contributed by atoms with Crippen molar-refractivity contribution in [1.29, 1.82) is 10.5 Å². The Kier molecular flexibility index (Phi) is 4.84. The third-order valence-electron chi connectivity index (χ3n) is 5.01. The van der Waals surface area contributed by atoms with E-state index in [0.717, 1.165) is 37.5 Å². The number of furan rings is 1. The Morgan fingerprint density at radius 3 is 2.57 bits per heavy atom. The fourth-order valence-electron chi connectivity index (χ4n) is 3.55. The molecule has 2 aliphatic heterocycles. The van der Waals surface area contributed by atoms with E-state index in [1.165, 1.54) is 0 Å². The van der Waals surface area contributed by atoms with Crippen LogP contribution in [0, 0.1) is 28.6 Å². The van der Waals surface area contributed by atoms with Crippen LogP contribution in [0.15, 0.2) is 57.6 Å². The number of benzene rings is 1. The summed E-state index contributed by atoms with van der Waals surface area (Å²) in [6.45, 7) is 1.96. The lowest BCUT2D eigenvalue weighted by Gasteiger charge is -2.21. The first-order valence-corrected chi connectivity index (χ1v) is 9.26. The summed E-state index contributed by atoms with van der Waals surface area (Å²) in [6.07, 6.45) is 3.28. The van der Waals surface area contributed by atoms with Crippen molar-refractivity contribution in [3.05, 3.63) is 53.8 Å². The monoisotopic (exact) mass is 372 g/mol. The third kappa shape index (κ3) is 3.24. The first-order chi connectivity index (χ1) is 13.7. The van der Waals surface area contributed by atoms with Crippen molar-refractivity contribution in [3.8, 4) is 12.1 Å². The van der Waals surface area contributed by atoms with Crippen LogP contribution in [0.5, 0.6) is 0 Å². The fourth-order valence-corrected chi connectivity index (χ4v) is 3.55. The Morgan fingerprint density at radius 1 is 1.14 bits per heavy atom. The number of nitriles is 2. The molecule has 3 heterocycles. The van der Waals surface area contributed by atoms with Crippen molar-refractivity contribution in [1.82, 2.24) is 0 Å². The van der Waals surface area contributed by atoms with Crippen molar-refractivity contribution in [2.75, 3.05) is 23.0 Å². The number of anilines is 2. The number of nitrogens with two attached hydrogens (primary N) is 1. The van der Waals surface area contributed by atoms with Gasteiger partial charge >= 0.3 is 0 Å². The molecule has 0 saturated carbocycles. The summed E-state index contributed by atoms with van der Waals surface area (Å²) >= 11 is 0. The second-order valence-electron chi connectivity index (χ2n) is 6.80. The summed E-state index contributed by atoms with van der Waals surface area (Å²) in [4.78, 5) is 2.18. The molecule has 28 heavy (non-hydrogen) atoms. The van der Waals surface area contributed by atoms with E-state index in [2.05, 4.69) is 22.1 Å². The molecule has 2 atom stereocenters. The second kappa shape index (κ2) is 7.59. The highest BCUT2D eigenvalue weighted by Gasteiger charge is 2.37. The lowest BCUT2D eigenvalue weighted by Crippen LogP contribution is -2.40. The van der Waals surface area contributed by atoms with Gasteiger partial charge in [0.2, 0.25) is 0 Å². The van der Waals surface area contributed by atoms with Crippen molar-refractivity contribution in [2.24, 2.45) is 16.8 Å². The van der Waals surface area contributed by atoms with Gasteiger partial charge in [-0.3, -0.25) is 0 Å². The normalized spacial score (nSPS) is 22.1. The zero-order valence-electron chi connectivity index (χ0n) is 15.3. The fraction of sp³-hybridized carbons (Fsp3) is 0.286. The van der Waals surface area contributed by atoms with Gasteiger partial charge in [0.15, 0.2) is 5.88 Å². The van der Waals surface area contributed by atoms with Crippen LogP contribution in [-0.4, -0.2) is 25.0 Å². The molecule has 4 rings (SSSR count). The highest BCUT2D eigenvalue weighted by Crippen LogP contribution is 2.30. The van der Waals surface area contributed by atoms with Gasteiger partial charge in [-0.2, -0.15) is 15.6 Å². The molecule has 7 nitrogen and oxygen atoms in total. The van der Waals surface area contributed by atoms with Gasteiger partial charge in [0.1, 0.15) is 23.9 Å². The lowest BCUT2D eigenvalue weighted by molar-refractivity contribution is 0.547. The molecule has 7 heteroatoms. The molecule has 1 aromatic heterocycles. The summed E-state index contributed by atoms with van der Waals surface area (Å²) < 4.78 is 5.88. The Morgan fingerprint density at radius 2 is 1.89 bits per heavy atom. The third-order valence-corrected chi connectivity index (χ3v) is 5.01. The molecular weight excluding hydrogens is 352 g/mol. The topological polar surface area (TPSA) is 106 Å². The second-order valence-corrected chi connectivity index (χ2v) is 6.80. The first kappa shape index (κ1) is 17.8. The summed E-state index contributed by atoms with van der Waals surface area (Å²) in [5.74, 6) is 0.651. The maximum absolute atomic E-state index is 9.70. The van der Waals surface area contributed by atoms with E-state index in [0.29, 0.717) is 11.5 Å². The average molecular weight is 372 g/mol. The van der Waals surface area contributed by atoms with Gasteiger partial charge in [0, 0.05) is 25.2 Å². The Labute approximate surface area is 163 Å². The van der Waals surface area contributed by atoms with Crippen LogP contribution in [0.4, 0.5) is 11.6 Å². The molecule has 0 radical (unpaired) electrons. The minimum Gasteiger partial charge on any atom is -0.441 e. The van der Waals surface area contributed by atoms with E-state index >= 15 is 0 Å². The van der Waals surface area contributed by atoms with E-state index in [1.807, 2.05) is 42.5 Å². The number of nitrogens with zero attached hydrogens (tertiary/aromatic N) is 5. The maximum atomic E-state index is 9.70. The molecule has 0 spiro atoms. The number of para-hydroxylation sites is 1. The molecular formula is C21H20N6O. The van der Waals surface area contributed by atoms with Gasteiger partial charge < -0.3 is 15.1 Å². The molecule has 1 saturated heterocycles. The Balaban J connectivity index is 1.65. The number of hydrogen-bond acceptors (Lipinski definition) is 7. The quantitative estimate of drug-likeness (QED) is 0.827. The molecule has 140 valence electrons. The number of rotatable bonds is 4. The molecule has 0 aliphatic carbocycles. The zero-order valence-corrected chi connectivity index (χ0v) is 15.3. The van der Waals surface area contributed by atoms with Crippen LogP contribution in [0.1, 0.15) is 18.6 Å². The number of allylic oxidation sites excluding steroid dienone is 1. The molecule has 2 aromatic rings. The smallest absolute Gasteiger partial charge is 0.196 e. The summed E-state index contributed by atoms with van der Waals surface area (Å²) in [5, 5.41) is 25.4. The minimum atomic E-state index is -0.709. The van der Waals surface area contributed by atoms with Crippen LogP contribution < -0.4 is 15.6 Å². The predicted molar refractivity (Wildman–Crippen MR) is 107 cm³/mol. The Bertz CT molecular complexity index is 988. The lowest BCUT2D eigenvalue weighted by atomic mass is 9.96. The average Bonchev–Trinajstić information content (AvgIpc) is 3.46. The highest BCUT2D eigenvalue weighted by atomic mass is 16.4. The van der Waals surface area contributed by atoms with Gasteiger partial charge in [-0.1, -0.05) is 18.2 Å². The predicted octanol–water partition coefficient (Wildman–Crippen LogP) is 3.09. The highest BCUT2D eigenvalue weighted by molar-refractivity contribution is 6.11. The maximum Gasteiger partial charge on any atom is 0.196 e. The summed E-state index contributed by atoms with van der Waals surface area (Å²) in [5.41, 5.74) is 7.67. The largest absolute Gasteiger partial charge is 0.441 e. The molecule has 1 fully saturated rings. The van der Waals surface area contributed by atoms with E-state index < -0.39 is 12.1 Å². The molecule has 0 unspecified atom stereocenters. The zero-order chi connectivity index (χ0) is 19.5. The summed E-state index contributed by atoms with van der Waals surface area (Å²) in [6, 6.07) is 17.5. The Hall–Kier alpha value is -3.55. The SMILES string of the molecule is N#C/C(=C/c1ccc(N2CCCC2)o1)C1=NN(c2ccccc2)[C@@H](N)[C@H]1C#N. The van der Waals surface area contributed by atoms with E-state index in [-0.39, 0.29) is 5.57 Å². The van der Waals surface area contributed by atoms with Crippen molar-refractivity contribution >= 4 is 23.4 Å².